The van der Waals surface area contributed by atoms with Gasteiger partial charge in [0.1, 0.15) is 6.54 Å². The molecule has 4 N–H and O–H groups in total. The van der Waals surface area contributed by atoms with Crippen LogP contribution >= 0.6 is 0 Å². The minimum atomic E-state index is -4.00. The number of nitrogens with zero attached hydrogens (tertiary/aromatic N) is 2. The first-order valence-electron chi connectivity index (χ1n) is 22.0. The summed E-state index contributed by atoms with van der Waals surface area (Å²) in [7, 11) is -4.00. The summed E-state index contributed by atoms with van der Waals surface area (Å²) in [6.07, 6.45) is 23.6. The number of nitrogens with two attached hydrogens (primary N) is 1. The van der Waals surface area contributed by atoms with Crippen LogP contribution in [0, 0.1) is 0 Å². The highest BCUT2D eigenvalue weighted by Gasteiger charge is 2.45. The zero-order valence-corrected chi connectivity index (χ0v) is 36.9. The fourth-order valence-corrected chi connectivity index (χ4v) is 9.83. The molecule has 2 heterocycles. The second-order valence-corrected chi connectivity index (χ2v) is 18.9. The number of benzene rings is 4. The lowest BCUT2D eigenvalue weighted by Gasteiger charge is -2.27. The van der Waals surface area contributed by atoms with Gasteiger partial charge in [-0.2, -0.15) is 13.0 Å². The van der Waals surface area contributed by atoms with Crippen molar-refractivity contribution in [2.75, 3.05) is 36.8 Å². The monoisotopic (exact) mass is 829 g/mol. The number of fused-ring (bicyclic) bond motifs is 6. The Balaban J connectivity index is 1.16. The van der Waals surface area contributed by atoms with Gasteiger partial charge in [-0.15, -0.1) is 0 Å². The Kier molecular flexibility index (Phi) is 15.0. The zero-order valence-electron chi connectivity index (χ0n) is 36.1. The van der Waals surface area contributed by atoms with Crippen molar-refractivity contribution in [2.24, 2.45) is 5.73 Å². The zero-order chi connectivity index (χ0) is 42.8. The Morgan fingerprint density at radius 2 is 1.38 bits per heavy atom. The van der Waals surface area contributed by atoms with Crippen LogP contribution in [0.4, 0.5) is 11.4 Å². The van der Waals surface area contributed by atoms with Crippen LogP contribution in [0.2, 0.25) is 0 Å². The number of amides is 1. The van der Waals surface area contributed by atoms with Gasteiger partial charge in [-0.1, -0.05) is 112 Å². The Hall–Kier alpha value is -4.83. The predicted molar refractivity (Wildman–Crippen MR) is 251 cm³/mol. The summed E-state index contributed by atoms with van der Waals surface area (Å²) >= 11 is 0. The normalized spacial score (nSPS) is 16.7. The summed E-state index contributed by atoms with van der Waals surface area (Å²) in [5.74, 6) is -0.0863. The summed E-state index contributed by atoms with van der Waals surface area (Å²) in [6.45, 7) is 12.2. The molecule has 0 atom stereocenters. The second-order valence-electron chi connectivity index (χ2n) is 17.3. The van der Waals surface area contributed by atoms with Crippen molar-refractivity contribution >= 4 is 54.7 Å². The van der Waals surface area contributed by atoms with Crippen molar-refractivity contribution in [2.45, 2.75) is 103 Å². The van der Waals surface area contributed by atoms with Gasteiger partial charge >= 0.3 is 0 Å². The largest absolute Gasteiger partial charge is 0.356 e. The minimum Gasteiger partial charge on any atom is -0.356 e. The summed E-state index contributed by atoms with van der Waals surface area (Å²) in [4.78, 5) is 14.8. The molecule has 2 aliphatic rings. The molecule has 0 bridgehead atoms. The lowest BCUT2D eigenvalue weighted by Crippen LogP contribution is -2.28. The van der Waals surface area contributed by atoms with Crippen molar-refractivity contribution in [1.29, 1.82) is 0 Å². The predicted octanol–water partition coefficient (Wildman–Crippen LogP) is 10.6. The molecule has 0 unspecified atom stereocenters. The Bertz CT molecular complexity index is 2420. The van der Waals surface area contributed by atoms with Crippen LogP contribution in [-0.4, -0.2) is 61.1 Å². The lowest BCUT2D eigenvalue weighted by molar-refractivity contribution is -0.438. The molecule has 4 aromatic rings. The Morgan fingerprint density at radius 3 is 2.12 bits per heavy atom. The van der Waals surface area contributed by atoms with E-state index in [4.69, 9.17) is 5.73 Å². The number of anilines is 1. The molecule has 0 aliphatic carbocycles. The molecule has 0 spiro atoms. The van der Waals surface area contributed by atoms with Gasteiger partial charge in [0.05, 0.1) is 11.2 Å². The molecule has 8 nitrogen and oxygen atoms in total. The average molecular weight is 830 g/mol. The topological polar surface area (TPSA) is 116 Å². The standard InChI is InChI=1S/C51H64N4O4S/c1-50(2)45(54(43-32-30-39-23-14-16-25-41(39)48(43)50)36-20-10-13-29-47(56)53-35-19-9-8-18-34-52)27-11-6-5-7-12-28-46-51(3,4)49-42-26-17-15-24-40(42)31-33-44(49)55(46)37-21-22-38-60(57,58)59/h5-7,11-12,14-17,23-28,30-33H,8-10,13,18-22,29,34-38,52H2,1-4H3,(H-,53,56,57,58,59)/p+1. The quantitative estimate of drug-likeness (QED) is 0.0333. The first kappa shape index (κ1) is 44.7. The van der Waals surface area contributed by atoms with Crippen LogP contribution in [-0.2, 0) is 25.7 Å². The molecule has 1 amide bonds. The summed E-state index contributed by atoms with van der Waals surface area (Å²) in [6, 6.07) is 26.0. The molecular weight excluding hydrogens is 765 g/mol. The van der Waals surface area contributed by atoms with E-state index in [0.717, 1.165) is 76.0 Å². The first-order valence-corrected chi connectivity index (χ1v) is 23.6. The van der Waals surface area contributed by atoms with E-state index in [0.29, 0.717) is 25.8 Å². The van der Waals surface area contributed by atoms with Crippen LogP contribution in [0.1, 0.15) is 103 Å². The Morgan fingerprint density at radius 1 is 0.733 bits per heavy atom. The molecule has 0 saturated carbocycles. The lowest BCUT2D eigenvalue weighted by atomic mass is 9.79. The van der Waals surface area contributed by atoms with E-state index in [1.807, 2.05) is 0 Å². The molecule has 0 radical (unpaired) electrons. The average Bonchev–Trinajstić information content (AvgIpc) is 3.58. The molecule has 2 aliphatic heterocycles. The molecule has 0 aromatic heterocycles. The SMILES string of the molecule is CC1(C)C(/C=C/C=C/C=C/C=C2\N(CCCCS(=O)(=O)O)c3ccc4ccccc4c3C2(C)C)=[N+](CCCCCC(=O)NCCCCCCN)c2ccc3ccccc3c21. The van der Waals surface area contributed by atoms with Gasteiger partial charge < -0.3 is 16.0 Å². The van der Waals surface area contributed by atoms with Crippen LogP contribution < -0.4 is 16.0 Å². The number of allylic oxidation sites excluding steroid dienone is 8. The third-order valence-electron chi connectivity index (χ3n) is 12.2. The van der Waals surface area contributed by atoms with E-state index in [1.165, 1.54) is 44.1 Å². The van der Waals surface area contributed by atoms with Crippen LogP contribution in [0.25, 0.3) is 21.5 Å². The molecule has 318 valence electrons. The number of hydrogen-bond donors (Lipinski definition) is 3. The first-order chi connectivity index (χ1) is 28.8. The summed E-state index contributed by atoms with van der Waals surface area (Å²) in [5.41, 5.74) is 12.5. The van der Waals surface area contributed by atoms with Crippen molar-refractivity contribution < 1.29 is 22.3 Å². The van der Waals surface area contributed by atoms with Crippen molar-refractivity contribution in [3.63, 3.8) is 0 Å². The van der Waals surface area contributed by atoms with Gasteiger partial charge in [0.25, 0.3) is 10.1 Å². The van der Waals surface area contributed by atoms with E-state index < -0.39 is 10.1 Å². The van der Waals surface area contributed by atoms with E-state index in [2.05, 4.69) is 158 Å². The van der Waals surface area contributed by atoms with E-state index >= 15 is 0 Å². The third kappa shape index (κ3) is 10.5. The smallest absolute Gasteiger partial charge is 0.264 e. The van der Waals surface area contributed by atoms with E-state index in [9.17, 15) is 17.8 Å². The maximum Gasteiger partial charge on any atom is 0.264 e. The minimum absolute atomic E-state index is 0.150. The molecular formula is C51H65N4O4S+. The number of carbonyl (C=O) groups excluding carboxylic acids is 1. The molecule has 0 saturated heterocycles. The molecule has 6 rings (SSSR count). The number of unbranched alkanes of at least 4 members (excludes halogenated alkanes) is 6. The van der Waals surface area contributed by atoms with E-state index in [1.54, 1.807) is 0 Å². The highest BCUT2D eigenvalue weighted by molar-refractivity contribution is 7.85. The Labute approximate surface area is 358 Å². The van der Waals surface area contributed by atoms with Gasteiger partial charge in [0.2, 0.25) is 11.6 Å². The molecule has 9 heteroatoms. The van der Waals surface area contributed by atoms with Gasteiger partial charge in [0, 0.05) is 60.4 Å². The van der Waals surface area contributed by atoms with Crippen molar-refractivity contribution in [3.8, 4) is 0 Å². The molecule has 4 aromatic carbocycles. The number of nitrogens with one attached hydrogen (secondary N) is 1. The fraction of sp³-hybridized carbons (Fsp3) is 0.412. The van der Waals surface area contributed by atoms with Crippen molar-refractivity contribution in [3.05, 3.63) is 132 Å². The van der Waals surface area contributed by atoms with E-state index in [-0.39, 0.29) is 22.5 Å². The third-order valence-corrected chi connectivity index (χ3v) is 13.0. The molecule has 0 fully saturated rings. The fourth-order valence-electron chi connectivity index (χ4n) is 9.26. The van der Waals surface area contributed by atoms with Crippen LogP contribution in [0.3, 0.4) is 0 Å². The van der Waals surface area contributed by atoms with Crippen molar-refractivity contribution in [1.82, 2.24) is 5.32 Å². The highest BCUT2D eigenvalue weighted by Crippen LogP contribution is 2.51. The summed E-state index contributed by atoms with van der Waals surface area (Å²) < 4.78 is 34.7. The molecule has 60 heavy (non-hydrogen) atoms. The van der Waals surface area contributed by atoms with Gasteiger partial charge in [-0.3, -0.25) is 9.35 Å². The van der Waals surface area contributed by atoms with Crippen LogP contribution in [0.15, 0.2) is 121 Å². The van der Waals surface area contributed by atoms with Gasteiger partial charge in [0.15, 0.2) is 5.71 Å². The van der Waals surface area contributed by atoms with Gasteiger partial charge in [-0.05, 0) is 104 Å². The number of carbonyl (C=O) groups is 1. The number of rotatable bonds is 21. The van der Waals surface area contributed by atoms with Gasteiger partial charge in [-0.25, -0.2) is 0 Å². The van der Waals surface area contributed by atoms with Crippen LogP contribution in [0.5, 0.6) is 0 Å². The number of hydrogen-bond acceptors (Lipinski definition) is 5. The second kappa shape index (κ2) is 20.2. The highest BCUT2D eigenvalue weighted by atomic mass is 32.2. The maximum absolute atomic E-state index is 12.5. The maximum atomic E-state index is 12.5. The summed E-state index contributed by atoms with van der Waals surface area (Å²) in [5, 5.41) is 8.04.